The third-order valence-corrected chi connectivity index (χ3v) is 15.0. The van der Waals surface area contributed by atoms with E-state index in [1.807, 2.05) is 22.7 Å². The molecule has 1 aliphatic heterocycles. The zero-order chi connectivity index (χ0) is 40.7. The third-order valence-electron chi connectivity index (χ3n) is 12.7. The van der Waals surface area contributed by atoms with Gasteiger partial charge < -0.3 is 9.88 Å². The highest BCUT2D eigenvalue weighted by atomic mass is 32.1. The Morgan fingerprint density at radius 1 is 0.525 bits per heavy atom. The van der Waals surface area contributed by atoms with Crippen LogP contribution in [-0.2, 0) is 16.2 Å². The Hall–Kier alpha value is -5.36. The fourth-order valence-corrected chi connectivity index (χ4v) is 11.8. The number of hydrogen-bond acceptors (Lipinski definition) is 3. The number of hydrogen-bond donors (Lipinski definition) is 1. The first-order chi connectivity index (χ1) is 28.1. The van der Waals surface area contributed by atoms with Gasteiger partial charge in [0.05, 0.1) is 11.0 Å². The monoisotopic (exact) mass is 799 g/mol. The fraction of sp³-hybridized carbons (Fsp3) is 0.222. The van der Waals surface area contributed by atoms with Crippen molar-refractivity contribution in [3.63, 3.8) is 0 Å². The van der Waals surface area contributed by atoms with Gasteiger partial charge in [-0.1, -0.05) is 135 Å². The quantitative estimate of drug-likeness (QED) is 0.176. The van der Waals surface area contributed by atoms with Crippen LogP contribution in [-0.4, -0.2) is 11.8 Å². The van der Waals surface area contributed by atoms with E-state index in [9.17, 15) is 0 Å². The van der Waals surface area contributed by atoms with Gasteiger partial charge >= 0.3 is 0 Å². The molecule has 0 bridgehead atoms. The van der Waals surface area contributed by atoms with Crippen molar-refractivity contribution in [2.75, 3.05) is 5.32 Å². The number of fused-ring (bicyclic) bond motifs is 12. The Labute approximate surface area is 355 Å². The van der Waals surface area contributed by atoms with Crippen LogP contribution in [0.5, 0.6) is 0 Å². The Kier molecular flexibility index (Phi) is 7.83. The topological polar surface area (TPSA) is 17.0 Å². The van der Waals surface area contributed by atoms with Crippen LogP contribution in [0, 0.1) is 0 Å². The minimum atomic E-state index is -0.0427. The Balaban J connectivity index is 1.30. The minimum Gasteiger partial charge on any atom is -0.355 e. The van der Waals surface area contributed by atoms with E-state index in [2.05, 4.69) is 201 Å². The van der Waals surface area contributed by atoms with E-state index in [0.717, 1.165) is 11.4 Å². The summed E-state index contributed by atoms with van der Waals surface area (Å²) in [6.07, 6.45) is 0. The van der Waals surface area contributed by atoms with Crippen LogP contribution < -0.4 is 16.2 Å². The largest absolute Gasteiger partial charge is 0.355 e. The maximum atomic E-state index is 3.96. The summed E-state index contributed by atoms with van der Waals surface area (Å²) in [4.78, 5) is 0. The summed E-state index contributed by atoms with van der Waals surface area (Å²) in [6, 6.07) is 46.3. The average Bonchev–Trinajstić information content (AvgIpc) is 3.87. The number of aromatic nitrogens is 1. The molecule has 1 aliphatic rings. The van der Waals surface area contributed by atoms with Gasteiger partial charge in [-0.3, -0.25) is 0 Å². The molecular weight excluding hydrogens is 752 g/mol. The fourth-order valence-electron chi connectivity index (χ4n) is 9.41. The van der Waals surface area contributed by atoms with Gasteiger partial charge in [-0.2, -0.15) is 0 Å². The predicted molar refractivity (Wildman–Crippen MR) is 263 cm³/mol. The van der Waals surface area contributed by atoms with Gasteiger partial charge in [-0.15, -0.1) is 22.7 Å². The standard InChI is InChI=1S/C54H48BN2S2/c1-52(2,3)30-18-22-33(23-19-30)56-40-24-20-31(53(4,5)6)26-37(40)46-47-35-15-11-13-17-44(35)59-51(47)48-38-27-32(54(7,8)9)21-25-41(38)57-42-29-45-36(28-39(42)55-49(46)50(48)57)34-14-10-12-16-43(34)58-45/h10-29,56H,1-9H3. The molecule has 0 saturated heterocycles. The molecule has 0 unspecified atom stereocenters. The van der Waals surface area contributed by atoms with Gasteiger partial charge in [0.15, 0.2) is 7.28 Å². The van der Waals surface area contributed by atoms with E-state index < -0.39 is 0 Å². The first-order valence-corrected chi connectivity index (χ1v) is 22.6. The summed E-state index contributed by atoms with van der Waals surface area (Å²) in [5, 5.41) is 12.0. The Morgan fingerprint density at radius 3 is 1.86 bits per heavy atom. The molecule has 7 aromatic carbocycles. The van der Waals surface area contributed by atoms with E-state index in [4.69, 9.17) is 0 Å². The van der Waals surface area contributed by atoms with E-state index in [1.54, 1.807) is 0 Å². The zero-order valence-corrected chi connectivity index (χ0v) is 37.0. The normalized spacial score (nSPS) is 13.3. The minimum absolute atomic E-state index is 0.0111. The molecule has 0 fully saturated rings. The highest BCUT2D eigenvalue weighted by molar-refractivity contribution is 7.27. The zero-order valence-electron chi connectivity index (χ0n) is 35.4. The van der Waals surface area contributed by atoms with E-state index in [1.165, 1.54) is 107 Å². The summed E-state index contributed by atoms with van der Waals surface area (Å²) in [7, 11) is 2.53. The molecule has 0 aliphatic carbocycles. The number of nitrogens with zero attached hydrogens (tertiary/aromatic N) is 1. The average molecular weight is 800 g/mol. The number of rotatable bonds is 3. The smallest absolute Gasteiger partial charge is 0.197 e. The summed E-state index contributed by atoms with van der Waals surface area (Å²) in [5.74, 6) is 0. The maximum Gasteiger partial charge on any atom is 0.197 e. The SMILES string of the molecule is CC(C)(C)c1ccc(Nc2ccc(C(C)(C)C)cc2-c2c3c4c(c5cc(C(C)(C)C)ccc5n4-c4cc5sc6ccccc6c5cc4[B]3)c3sc4ccccc4c23)cc1. The molecule has 0 amide bonds. The molecule has 11 rings (SSSR count). The van der Waals surface area contributed by atoms with Crippen molar-refractivity contribution in [1.82, 2.24) is 4.57 Å². The van der Waals surface area contributed by atoms with Crippen LogP contribution in [0.2, 0.25) is 0 Å². The van der Waals surface area contributed by atoms with E-state index in [-0.39, 0.29) is 16.2 Å². The van der Waals surface area contributed by atoms with Crippen molar-refractivity contribution in [3.05, 3.63) is 138 Å². The number of anilines is 2. The second-order valence-electron chi connectivity index (χ2n) is 19.7. The molecule has 3 aromatic heterocycles. The molecule has 2 nitrogen and oxygen atoms in total. The summed E-state index contributed by atoms with van der Waals surface area (Å²) in [6.45, 7) is 20.8. The Bertz CT molecular complexity index is 3370. The molecule has 0 saturated carbocycles. The molecule has 5 heteroatoms. The van der Waals surface area contributed by atoms with Crippen molar-refractivity contribution in [2.24, 2.45) is 0 Å². The molecule has 10 aromatic rings. The lowest BCUT2D eigenvalue weighted by Gasteiger charge is -2.27. The summed E-state index contributed by atoms with van der Waals surface area (Å²) in [5.41, 5.74) is 15.2. The third kappa shape index (κ3) is 5.65. The van der Waals surface area contributed by atoms with E-state index in [0.29, 0.717) is 0 Å². The van der Waals surface area contributed by atoms with Gasteiger partial charge in [0.25, 0.3) is 0 Å². The van der Waals surface area contributed by atoms with Crippen molar-refractivity contribution in [1.29, 1.82) is 0 Å². The van der Waals surface area contributed by atoms with E-state index >= 15 is 0 Å². The lowest BCUT2D eigenvalue weighted by molar-refractivity contribution is 0.590. The van der Waals surface area contributed by atoms with Gasteiger partial charge in [-0.05, 0) is 104 Å². The second-order valence-corrected chi connectivity index (χ2v) is 21.9. The maximum absolute atomic E-state index is 3.96. The van der Waals surface area contributed by atoms with Gasteiger partial charge in [0.2, 0.25) is 0 Å². The van der Waals surface area contributed by atoms with Crippen LogP contribution in [0.4, 0.5) is 11.4 Å². The number of nitrogens with one attached hydrogen (secondary N) is 1. The first-order valence-electron chi connectivity index (χ1n) is 20.9. The highest BCUT2D eigenvalue weighted by Gasteiger charge is 2.32. The molecule has 59 heavy (non-hydrogen) atoms. The van der Waals surface area contributed by atoms with Crippen LogP contribution >= 0.6 is 22.7 Å². The summed E-state index contributed by atoms with van der Waals surface area (Å²) < 4.78 is 7.95. The first kappa shape index (κ1) is 36.7. The lowest BCUT2D eigenvalue weighted by atomic mass is 9.58. The predicted octanol–water partition coefficient (Wildman–Crippen LogP) is 14.8. The second kappa shape index (κ2) is 12.6. The molecule has 1 radical (unpaired) electrons. The molecule has 1 N–H and O–H groups in total. The lowest BCUT2D eigenvalue weighted by Crippen LogP contribution is -2.37. The summed E-state index contributed by atoms with van der Waals surface area (Å²) >= 11 is 3.85. The molecule has 289 valence electrons. The number of benzene rings is 7. The molecule has 0 atom stereocenters. The van der Waals surface area contributed by atoms with Crippen molar-refractivity contribution >= 4 is 114 Å². The van der Waals surface area contributed by atoms with Gasteiger partial charge in [0, 0.05) is 68.4 Å². The number of thiophene rings is 2. The van der Waals surface area contributed by atoms with Crippen LogP contribution in [0.15, 0.2) is 121 Å². The Morgan fingerprint density at radius 2 is 1.15 bits per heavy atom. The van der Waals surface area contributed by atoms with Gasteiger partial charge in [-0.25, -0.2) is 0 Å². The van der Waals surface area contributed by atoms with Crippen LogP contribution in [0.3, 0.4) is 0 Å². The van der Waals surface area contributed by atoms with Crippen LogP contribution in [0.25, 0.3) is 79.0 Å². The molecule has 4 heterocycles. The van der Waals surface area contributed by atoms with Crippen LogP contribution in [0.1, 0.15) is 79.0 Å². The van der Waals surface area contributed by atoms with Gasteiger partial charge in [0.1, 0.15) is 0 Å². The van der Waals surface area contributed by atoms with Crippen molar-refractivity contribution < 1.29 is 0 Å². The molecule has 0 spiro atoms. The molecular formula is C54H48BN2S2. The highest BCUT2D eigenvalue weighted by Crippen LogP contribution is 2.50. The van der Waals surface area contributed by atoms with Crippen molar-refractivity contribution in [2.45, 2.75) is 78.6 Å². The van der Waals surface area contributed by atoms with Crippen molar-refractivity contribution in [3.8, 4) is 16.8 Å².